The van der Waals surface area contributed by atoms with E-state index in [2.05, 4.69) is 5.32 Å². The lowest BCUT2D eigenvalue weighted by Crippen LogP contribution is -2.52. The maximum absolute atomic E-state index is 12.6. The van der Waals surface area contributed by atoms with Crippen LogP contribution in [0, 0.1) is 0 Å². The van der Waals surface area contributed by atoms with E-state index in [1.54, 1.807) is 49.7 Å². The van der Waals surface area contributed by atoms with E-state index in [9.17, 15) is 9.59 Å². The van der Waals surface area contributed by atoms with Gasteiger partial charge >= 0.3 is 0 Å². The van der Waals surface area contributed by atoms with Crippen LogP contribution in [0.25, 0.3) is 0 Å². The molecular formula is C17H17ClN2O4. The fourth-order valence-corrected chi connectivity index (χ4v) is 2.80. The normalized spacial score (nSPS) is 20.9. The summed E-state index contributed by atoms with van der Waals surface area (Å²) in [5, 5.41) is 3.37. The van der Waals surface area contributed by atoms with Gasteiger partial charge in [0.1, 0.15) is 12.4 Å². The number of morpholine rings is 1. The topological polar surface area (TPSA) is 71.8 Å². The van der Waals surface area contributed by atoms with Gasteiger partial charge in [0.05, 0.1) is 18.8 Å². The van der Waals surface area contributed by atoms with E-state index >= 15 is 0 Å². The lowest BCUT2D eigenvalue weighted by atomic mass is 9.97. The monoisotopic (exact) mass is 348 g/mol. The van der Waals surface area contributed by atoms with Gasteiger partial charge in [-0.1, -0.05) is 23.7 Å². The second-order valence-corrected chi connectivity index (χ2v) is 5.97. The van der Waals surface area contributed by atoms with Gasteiger partial charge in [0.15, 0.2) is 6.10 Å². The summed E-state index contributed by atoms with van der Waals surface area (Å²) < 4.78 is 10.7. The van der Waals surface area contributed by atoms with Crippen molar-refractivity contribution in [1.29, 1.82) is 0 Å². The van der Waals surface area contributed by atoms with E-state index in [1.165, 1.54) is 4.90 Å². The Hall–Kier alpha value is -2.31. The van der Waals surface area contributed by atoms with E-state index in [-0.39, 0.29) is 25.0 Å². The SMILES string of the molecule is CN1C(=O)COC(C(=O)NCc2ccco2)C1c1ccc(Cl)cc1. The summed E-state index contributed by atoms with van der Waals surface area (Å²) in [5.41, 5.74) is 0.785. The van der Waals surface area contributed by atoms with Crippen LogP contribution in [0.2, 0.25) is 5.02 Å². The number of amides is 2. The van der Waals surface area contributed by atoms with E-state index < -0.39 is 12.1 Å². The predicted octanol–water partition coefficient (Wildman–Crippen LogP) is 2.15. The van der Waals surface area contributed by atoms with Crippen molar-refractivity contribution in [3.63, 3.8) is 0 Å². The molecule has 1 fully saturated rings. The van der Waals surface area contributed by atoms with Gasteiger partial charge in [-0.3, -0.25) is 9.59 Å². The molecule has 2 amide bonds. The minimum absolute atomic E-state index is 0.126. The van der Waals surface area contributed by atoms with Crippen LogP contribution in [0.15, 0.2) is 47.1 Å². The van der Waals surface area contributed by atoms with Crippen molar-refractivity contribution in [3.8, 4) is 0 Å². The molecule has 1 aliphatic rings. The number of carbonyl (C=O) groups is 2. The zero-order chi connectivity index (χ0) is 17.1. The van der Waals surface area contributed by atoms with Crippen molar-refractivity contribution in [3.05, 3.63) is 59.0 Å². The molecule has 126 valence electrons. The standard InChI is InChI=1S/C17H17ClN2O4/c1-20-14(21)10-24-16(15(20)11-4-6-12(18)7-5-11)17(22)19-9-13-3-2-8-23-13/h2-8,15-16H,9-10H2,1H3,(H,19,22). The van der Waals surface area contributed by atoms with E-state index in [0.717, 1.165) is 5.56 Å². The van der Waals surface area contributed by atoms with Crippen LogP contribution in [0.3, 0.4) is 0 Å². The Morgan fingerprint density at radius 2 is 2.08 bits per heavy atom. The van der Waals surface area contributed by atoms with E-state index in [1.807, 2.05) is 0 Å². The van der Waals surface area contributed by atoms with Crippen molar-refractivity contribution in [2.24, 2.45) is 0 Å². The van der Waals surface area contributed by atoms with Gasteiger partial charge < -0.3 is 19.4 Å². The number of carbonyl (C=O) groups excluding carboxylic acids is 2. The molecule has 0 saturated carbocycles. The molecule has 3 rings (SSSR count). The summed E-state index contributed by atoms with van der Waals surface area (Å²) >= 11 is 5.92. The third-order valence-corrected chi connectivity index (χ3v) is 4.22. The van der Waals surface area contributed by atoms with E-state index in [4.69, 9.17) is 20.8 Å². The zero-order valence-corrected chi connectivity index (χ0v) is 13.8. The van der Waals surface area contributed by atoms with Crippen LogP contribution >= 0.6 is 11.6 Å². The van der Waals surface area contributed by atoms with Crippen LogP contribution in [0.5, 0.6) is 0 Å². The quantitative estimate of drug-likeness (QED) is 0.919. The van der Waals surface area contributed by atoms with Crippen LogP contribution in [-0.4, -0.2) is 36.5 Å². The van der Waals surface area contributed by atoms with Gasteiger partial charge in [0, 0.05) is 12.1 Å². The third-order valence-electron chi connectivity index (χ3n) is 3.97. The number of hydrogen-bond donors (Lipinski definition) is 1. The summed E-state index contributed by atoms with van der Waals surface area (Å²) in [6, 6.07) is 10.0. The number of rotatable bonds is 4. The van der Waals surface area contributed by atoms with Crippen LogP contribution in [0.1, 0.15) is 17.4 Å². The number of nitrogens with zero attached hydrogens (tertiary/aromatic N) is 1. The van der Waals surface area contributed by atoms with Gasteiger partial charge in [-0.25, -0.2) is 0 Å². The fourth-order valence-electron chi connectivity index (χ4n) is 2.68. The maximum Gasteiger partial charge on any atom is 0.252 e. The number of ether oxygens (including phenoxy) is 1. The number of likely N-dealkylation sites (N-methyl/N-ethyl adjacent to an activating group) is 1. The zero-order valence-electron chi connectivity index (χ0n) is 13.1. The molecule has 2 atom stereocenters. The Morgan fingerprint density at radius 3 is 2.75 bits per heavy atom. The Balaban J connectivity index is 1.79. The smallest absolute Gasteiger partial charge is 0.252 e. The predicted molar refractivity (Wildman–Crippen MR) is 87.3 cm³/mol. The summed E-state index contributed by atoms with van der Waals surface area (Å²) in [6.45, 7) is 0.135. The molecule has 7 heteroatoms. The molecule has 1 aromatic carbocycles. The van der Waals surface area contributed by atoms with Crippen LogP contribution < -0.4 is 5.32 Å². The molecule has 2 unspecified atom stereocenters. The molecule has 1 N–H and O–H groups in total. The van der Waals surface area contributed by atoms with Gasteiger partial charge in [-0.15, -0.1) is 0 Å². The number of halogens is 1. The molecule has 1 saturated heterocycles. The highest BCUT2D eigenvalue weighted by Gasteiger charge is 2.39. The maximum atomic E-state index is 12.6. The molecule has 6 nitrogen and oxygen atoms in total. The second-order valence-electron chi connectivity index (χ2n) is 5.53. The van der Waals surface area contributed by atoms with Crippen LogP contribution in [0.4, 0.5) is 0 Å². The highest BCUT2D eigenvalue weighted by Crippen LogP contribution is 2.30. The molecule has 0 spiro atoms. The van der Waals surface area contributed by atoms with Crippen molar-refractivity contribution in [2.75, 3.05) is 13.7 Å². The highest BCUT2D eigenvalue weighted by atomic mass is 35.5. The Bertz CT molecular complexity index is 715. The Morgan fingerprint density at radius 1 is 1.33 bits per heavy atom. The minimum atomic E-state index is -0.802. The van der Waals surface area contributed by atoms with Crippen molar-refractivity contribution < 1.29 is 18.7 Å². The van der Waals surface area contributed by atoms with E-state index in [0.29, 0.717) is 10.8 Å². The van der Waals surface area contributed by atoms with Crippen molar-refractivity contribution in [1.82, 2.24) is 10.2 Å². The molecule has 2 heterocycles. The average molecular weight is 349 g/mol. The summed E-state index contributed by atoms with van der Waals surface area (Å²) in [4.78, 5) is 26.1. The van der Waals surface area contributed by atoms with Crippen LogP contribution in [-0.2, 0) is 20.9 Å². The van der Waals surface area contributed by atoms with Gasteiger partial charge in [0.25, 0.3) is 5.91 Å². The summed E-state index contributed by atoms with van der Waals surface area (Å²) in [6.07, 6.45) is 0.741. The molecule has 0 aliphatic carbocycles. The first-order chi connectivity index (χ1) is 11.6. The number of nitrogens with one attached hydrogen (secondary N) is 1. The second kappa shape index (κ2) is 7.07. The number of hydrogen-bond acceptors (Lipinski definition) is 4. The first-order valence-corrected chi connectivity index (χ1v) is 7.87. The van der Waals surface area contributed by atoms with Crippen molar-refractivity contribution >= 4 is 23.4 Å². The number of furan rings is 1. The molecular weight excluding hydrogens is 332 g/mol. The lowest BCUT2D eigenvalue weighted by molar-refractivity contribution is -0.162. The first kappa shape index (κ1) is 16.5. The minimum Gasteiger partial charge on any atom is -0.467 e. The molecule has 2 aromatic rings. The molecule has 1 aliphatic heterocycles. The Labute approximate surface area is 144 Å². The molecule has 0 radical (unpaired) electrons. The van der Waals surface area contributed by atoms with Gasteiger partial charge in [-0.2, -0.15) is 0 Å². The third kappa shape index (κ3) is 3.44. The lowest BCUT2D eigenvalue weighted by Gasteiger charge is -2.38. The Kier molecular flexibility index (Phi) is 4.87. The summed E-state index contributed by atoms with van der Waals surface area (Å²) in [5.74, 6) is 0.169. The van der Waals surface area contributed by atoms with Gasteiger partial charge in [-0.05, 0) is 29.8 Å². The molecule has 1 aromatic heterocycles. The van der Waals surface area contributed by atoms with Crippen molar-refractivity contribution in [2.45, 2.75) is 18.7 Å². The fraction of sp³-hybridized carbons (Fsp3) is 0.294. The largest absolute Gasteiger partial charge is 0.467 e. The molecule has 0 bridgehead atoms. The summed E-state index contributed by atoms with van der Waals surface area (Å²) in [7, 11) is 1.66. The highest BCUT2D eigenvalue weighted by molar-refractivity contribution is 6.30. The first-order valence-electron chi connectivity index (χ1n) is 7.49. The average Bonchev–Trinajstić information content (AvgIpc) is 3.09. The van der Waals surface area contributed by atoms with Gasteiger partial charge in [0.2, 0.25) is 5.91 Å². The number of benzene rings is 1. The molecule has 24 heavy (non-hydrogen) atoms.